The molecule has 2 fully saturated rings. The van der Waals surface area contributed by atoms with Gasteiger partial charge < -0.3 is 10.6 Å². The Balaban J connectivity index is 1.35. The van der Waals surface area contributed by atoms with Crippen LogP contribution >= 0.6 is 11.3 Å². The molecule has 4 rings (SSSR count). The normalized spacial score (nSPS) is 34.5. The molecule has 2 bridgehead atoms. The van der Waals surface area contributed by atoms with Crippen LogP contribution in [0.3, 0.4) is 0 Å². The second kappa shape index (κ2) is 5.73. The zero-order chi connectivity index (χ0) is 14.2. The molecule has 1 aromatic rings. The second-order valence-corrected chi connectivity index (χ2v) is 7.99. The predicted octanol–water partition coefficient (Wildman–Crippen LogP) is 3.16. The second-order valence-electron chi connectivity index (χ2n) is 6.99. The topological polar surface area (TPSA) is 41.1 Å². The first kappa shape index (κ1) is 13.8. The summed E-state index contributed by atoms with van der Waals surface area (Å²) in [6.07, 6.45) is 9.23. The van der Waals surface area contributed by atoms with Crippen LogP contribution in [-0.4, -0.2) is 18.0 Å². The maximum atomic E-state index is 12.4. The minimum atomic E-state index is 0.269. The molecule has 0 radical (unpaired) electrons. The number of hydrogen-bond donors (Lipinski definition) is 2. The molecule has 3 unspecified atom stereocenters. The zero-order valence-corrected chi connectivity index (χ0v) is 13.3. The van der Waals surface area contributed by atoms with Gasteiger partial charge in [0.05, 0.1) is 6.04 Å². The van der Waals surface area contributed by atoms with E-state index in [-0.39, 0.29) is 11.9 Å². The molecule has 2 aliphatic heterocycles. The number of nitrogens with one attached hydrogen (secondary N) is 2. The average Bonchev–Trinajstić information content (AvgIpc) is 3.06. The first-order valence-corrected chi connectivity index (χ1v) is 9.27. The smallest absolute Gasteiger partial charge is 0.220 e. The third-order valence-corrected chi connectivity index (χ3v) is 6.43. The van der Waals surface area contributed by atoms with Crippen LogP contribution in [0.1, 0.15) is 61.4 Å². The number of fused-ring (bicyclic) bond motifs is 3. The monoisotopic (exact) mass is 304 g/mol. The highest BCUT2D eigenvalue weighted by Gasteiger charge is 2.34. The van der Waals surface area contributed by atoms with Crippen LogP contribution in [-0.2, 0) is 11.2 Å². The Morgan fingerprint density at radius 3 is 2.90 bits per heavy atom. The van der Waals surface area contributed by atoms with Gasteiger partial charge in [-0.15, -0.1) is 11.3 Å². The Kier molecular flexibility index (Phi) is 3.76. The van der Waals surface area contributed by atoms with Gasteiger partial charge in [-0.2, -0.15) is 0 Å². The van der Waals surface area contributed by atoms with E-state index in [1.807, 2.05) is 11.3 Å². The van der Waals surface area contributed by atoms with Crippen LogP contribution in [0.25, 0.3) is 0 Å². The van der Waals surface area contributed by atoms with Crippen LogP contribution in [0.5, 0.6) is 0 Å². The van der Waals surface area contributed by atoms with Crippen LogP contribution < -0.4 is 10.6 Å². The number of thiophene rings is 1. The standard InChI is InChI=1S/C17H24N2OS/c20-17(10-11-8-12-4-5-13(9-11)18-12)19-15-2-1-3-16-14(15)6-7-21-16/h6-7,11-13,15,18H,1-5,8-10H2,(H,19,20). The molecule has 2 N–H and O–H groups in total. The van der Waals surface area contributed by atoms with E-state index in [0.717, 1.165) is 12.8 Å². The molecule has 21 heavy (non-hydrogen) atoms. The highest BCUT2D eigenvalue weighted by atomic mass is 32.1. The highest BCUT2D eigenvalue weighted by Crippen LogP contribution is 2.35. The predicted molar refractivity (Wildman–Crippen MR) is 85.4 cm³/mol. The van der Waals surface area contributed by atoms with Gasteiger partial charge in [-0.05, 0) is 67.9 Å². The van der Waals surface area contributed by atoms with Gasteiger partial charge in [0.2, 0.25) is 5.91 Å². The Hall–Kier alpha value is -0.870. The van der Waals surface area contributed by atoms with Crippen molar-refractivity contribution in [3.8, 4) is 0 Å². The van der Waals surface area contributed by atoms with E-state index in [1.165, 1.54) is 49.0 Å². The SMILES string of the molecule is O=C(CC1CC2CCC(C1)N2)NC1CCCc2sccc21. The van der Waals surface area contributed by atoms with Crippen molar-refractivity contribution >= 4 is 17.2 Å². The van der Waals surface area contributed by atoms with Gasteiger partial charge in [-0.3, -0.25) is 4.79 Å². The molecule has 1 aliphatic carbocycles. The molecule has 3 nitrogen and oxygen atoms in total. The molecule has 3 heterocycles. The third kappa shape index (κ3) is 2.88. The number of aryl methyl sites for hydroxylation is 1. The Morgan fingerprint density at radius 2 is 2.10 bits per heavy atom. The molecule has 3 aliphatic rings. The summed E-state index contributed by atoms with van der Waals surface area (Å²) < 4.78 is 0. The third-order valence-electron chi connectivity index (χ3n) is 5.43. The number of hydrogen-bond acceptors (Lipinski definition) is 3. The first-order valence-electron chi connectivity index (χ1n) is 8.39. The van der Waals surface area contributed by atoms with Crippen LogP contribution in [0.2, 0.25) is 0 Å². The number of carbonyl (C=O) groups is 1. The minimum absolute atomic E-state index is 0.269. The Morgan fingerprint density at radius 1 is 1.29 bits per heavy atom. The van der Waals surface area contributed by atoms with Crippen LogP contribution in [0.4, 0.5) is 0 Å². The lowest BCUT2D eigenvalue weighted by Gasteiger charge is -2.30. The lowest BCUT2D eigenvalue weighted by molar-refractivity contribution is -0.123. The lowest BCUT2D eigenvalue weighted by atomic mass is 9.88. The molecule has 1 amide bonds. The molecule has 2 saturated heterocycles. The van der Waals surface area contributed by atoms with E-state index in [0.29, 0.717) is 18.0 Å². The summed E-state index contributed by atoms with van der Waals surface area (Å²) in [6.45, 7) is 0. The molecule has 3 atom stereocenters. The van der Waals surface area contributed by atoms with Crippen molar-refractivity contribution in [3.05, 3.63) is 21.9 Å². The maximum absolute atomic E-state index is 12.4. The van der Waals surface area contributed by atoms with Gasteiger partial charge in [0.15, 0.2) is 0 Å². The van der Waals surface area contributed by atoms with E-state index in [4.69, 9.17) is 0 Å². The van der Waals surface area contributed by atoms with E-state index < -0.39 is 0 Å². The fraction of sp³-hybridized carbons (Fsp3) is 0.706. The van der Waals surface area contributed by atoms with Crippen LogP contribution in [0.15, 0.2) is 11.4 Å². The molecule has 114 valence electrons. The van der Waals surface area contributed by atoms with Crippen molar-refractivity contribution in [2.45, 2.75) is 69.5 Å². The maximum Gasteiger partial charge on any atom is 0.220 e. The van der Waals surface area contributed by atoms with Gasteiger partial charge in [0.1, 0.15) is 0 Å². The summed E-state index contributed by atoms with van der Waals surface area (Å²) in [5.41, 5.74) is 1.38. The molecule has 0 saturated carbocycles. The van der Waals surface area contributed by atoms with Crippen molar-refractivity contribution in [3.63, 3.8) is 0 Å². The number of piperidine rings is 1. The van der Waals surface area contributed by atoms with Gasteiger partial charge in [0, 0.05) is 23.4 Å². The van der Waals surface area contributed by atoms with Crippen molar-refractivity contribution in [2.75, 3.05) is 0 Å². The Labute approximate surface area is 130 Å². The van der Waals surface area contributed by atoms with Crippen LogP contribution in [0, 0.1) is 5.92 Å². The van der Waals surface area contributed by atoms with Crippen molar-refractivity contribution in [1.29, 1.82) is 0 Å². The lowest BCUT2D eigenvalue weighted by Crippen LogP contribution is -2.40. The quantitative estimate of drug-likeness (QED) is 0.900. The van der Waals surface area contributed by atoms with Crippen molar-refractivity contribution in [2.24, 2.45) is 5.92 Å². The highest BCUT2D eigenvalue weighted by molar-refractivity contribution is 7.10. The van der Waals surface area contributed by atoms with E-state index in [2.05, 4.69) is 22.1 Å². The molecule has 0 spiro atoms. The molecule has 0 aromatic carbocycles. The van der Waals surface area contributed by atoms with Gasteiger partial charge >= 0.3 is 0 Å². The summed E-state index contributed by atoms with van der Waals surface area (Å²) in [7, 11) is 0. The first-order chi connectivity index (χ1) is 10.3. The number of rotatable bonds is 3. The van der Waals surface area contributed by atoms with Crippen molar-refractivity contribution < 1.29 is 4.79 Å². The van der Waals surface area contributed by atoms with E-state index >= 15 is 0 Å². The average molecular weight is 304 g/mol. The zero-order valence-electron chi connectivity index (χ0n) is 12.4. The summed E-state index contributed by atoms with van der Waals surface area (Å²) in [4.78, 5) is 13.9. The summed E-state index contributed by atoms with van der Waals surface area (Å²) in [5, 5.41) is 9.13. The Bertz CT molecular complexity index is 515. The summed E-state index contributed by atoms with van der Waals surface area (Å²) >= 11 is 1.84. The van der Waals surface area contributed by atoms with E-state index in [9.17, 15) is 4.79 Å². The number of amides is 1. The molecule has 4 heteroatoms. The molecular formula is C17H24N2OS. The van der Waals surface area contributed by atoms with Crippen molar-refractivity contribution in [1.82, 2.24) is 10.6 Å². The molecule has 1 aromatic heterocycles. The van der Waals surface area contributed by atoms with Gasteiger partial charge in [0.25, 0.3) is 0 Å². The van der Waals surface area contributed by atoms with Gasteiger partial charge in [-0.25, -0.2) is 0 Å². The fourth-order valence-corrected chi connectivity index (χ4v) is 5.48. The fourth-order valence-electron chi connectivity index (χ4n) is 4.49. The summed E-state index contributed by atoms with van der Waals surface area (Å²) in [6, 6.07) is 3.83. The van der Waals surface area contributed by atoms with E-state index in [1.54, 1.807) is 0 Å². The number of carbonyl (C=O) groups excluding carboxylic acids is 1. The largest absolute Gasteiger partial charge is 0.349 e. The van der Waals surface area contributed by atoms with Gasteiger partial charge in [-0.1, -0.05) is 0 Å². The minimum Gasteiger partial charge on any atom is -0.349 e. The molecular weight excluding hydrogens is 280 g/mol. The summed E-state index contributed by atoms with van der Waals surface area (Å²) in [5.74, 6) is 0.861.